The molecule has 21 heavy (non-hydrogen) atoms. The second-order valence-corrected chi connectivity index (χ2v) is 5.32. The molecule has 0 aliphatic heterocycles. The van der Waals surface area contributed by atoms with Crippen LogP contribution in [-0.2, 0) is 13.0 Å². The van der Waals surface area contributed by atoms with E-state index >= 15 is 0 Å². The smallest absolute Gasteiger partial charge is 0.319 e. The predicted molar refractivity (Wildman–Crippen MR) is 87.7 cm³/mol. The van der Waals surface area contributed by atoms with E-state index in [1.54, 1.807) is 0 Å². The van der Waals surface area contributed by atoms with Gasteiger partial charge in [-0.3, -0.25) is 0 Å². The number of hydrogen-bond acceptors (Lipinski definition) is 1. The van der Waals surface area contributed by atoms with Crippen molar-refractivity contribution in [3.63, 3.8) is 0 Å². The van der Waals surface area contributed by atoms with Gasteiger partial charge in [0.25, 0.3) is 0 Å². The summed E-state index contributed by atoms with van der Waals surface area (Å²) in [5, 5.41) is 6.32. The number of nitrogens with one attached hydrogen (secondary N) is 2. The van der Waals surface area contributed by atoms with Gasteiger partial charge in [-0.25, -0.2) is 4.79 Å². The lowest BCUT2D eigenvalue weighted by molar-refractivity contribution is 0.251. The highest BCUT2D eigenvalue weighted by atomic mass is 35.5. The zero-order valence-corrected chi connectivity index (χ0v) is 12.8. The number of aryl methyl sites for hydroxylation is 1. The molecular weight excluding hydrogens is 284 g/mol. The number of anilines is 1. The zero-order valence-electron chi connectivity index (χ0n) is 12.0. The fraction of sp³-hybridized carbons (Fsp3) is 0.235. The molecular formula is C17H19ClN2O. The first-order valence-corrected chi connectivity index (χ1v) is 7.43. The normalized spacial score (nSPS) is 10.2. The van der Waals surface area contributed by atoms with Gasteiger partial charge in [-0.1, -0.05) is 49.2 Å². The molecule has 2 rings (SSSR count). The molecule has 3 nitrogen and oxygen atoms in total. The third-order valence-corrected chi connectivity index (χ3v) is 3.37. The van der Waals surface area contributed by atoms with Crippen LogP contribution >= 0.6 is 11.6 Å². The van der Waals surface area contributed by atoms with Gasteiger partial charge < -0.3 is 10.6 Å². The number of hydrogen-bond donors (Lipinski definition) is 2. The molecule has 0 atom stereocenters. The number of halogens is 1. The Balaban J connectivity index is 1.82. The summed E-state index contributed by atoms with van der Waals surface area (Å²) in [4.78, 5) is 11.8. The second-order valence-electron chi connectivity index (χ2n) is 4.88. The first-order chi connectivity index (χ1) is 10.2. The fourth-order valence-electron chi connectivity index (χ4n) is 2.00. The summed E-state index contributed by atoms with van der Waals surface area (Å²) in [7, 11) is 0. The molecule has 0 unspecified atom stereocenters. The van der Waals surface area contributed by atoms with Gasteiger partial charge in [-0.2, -0.15) is 0 Å². The Morgan fingerprint density at radius 3 is 2.24 bits per heavy atom. The molecule has 0 bridgehead atoms. The molecule has 110 valence electrons. The van der Waals surface area contributed by atoms with Crippen LogP contribution in [0, 0.1) is 0 Å². The summed E-state index contributed by atoms with van der Waals surface area (Å²) >= 11 is 5.82. The van der Waals surface area contributed by atoms with Crippen LogP contribution in [0.5, 0.6) is 0 Å². The largest absolute Gasteiger partial charge is 0.334 e. The molecule has 2 amide bonds. The number of urea groups is 1. The highest BCUT2D eigenvalue weighted by Crippen LogP contribution is 2.11. The maximum atomic E-state index is 11.8. The lowest BCUT2D eigenvalue weighted by Gasteiger charge is -2.08. The molecule has 0 aromatic heterocycles. The van der Waals surface area contributed by atoms with Crippen LogP contribution in [0.15, 0.2) is 48.5 Å². The van der Waals surface area contributed by atoms with E-state index in [9.17, 15) is 4.79 Å². The molecule has 2 aromatic carbocycles. The number of amides is 2. The highest BCUT2D eigenvalue weighted by Gasteiger charge is 2.02. The first kappa shape index (κ1) is 15.4. The van der Waals surface area contributed by atoms with Crippen molar-refractivity contribution in [3.05, 3.63) is 64.7 Å². The van der Waals surface area contributed by atoms with E-state index in [4.69, 9.17) is 11.6 Å². The molecule has 0 saturated carbocycles. The summed E-state index contributed by atoms with van der Waals surface area (Å²) in [5.41, 5.74) is 3.08. The minimum Gasteiger partial charge on any atom is -0.334 e. The summed E-state index contributed by atoms with van der Waals surface area (Å²) < 4.78 is 0. The monoisotopic (exact) mass is 302 g/mol. The van der Waals surface area contributed by atoms with Crippen LogP contribution in [0.2, 0.25) is 5.02 Å². The Morgan fingerprint density at radius 2 is 1.62 bits per heavy atom. The zero-order chi connectivity index (χ0) is 15.1. The Morgan fingerprint density at radius 1 is 1.00 bits per heavy atom. The maximum absolute atomic E-state index is 11.8. The van der Waals surface area contributed by atoms with Crippen LogP contribution in [-0.4, -0.2) is 6.03 Å². The maximum Gasteiger partial charge on any atom is 0.319 e. The number of benzene rings is 2. The van der Waals surface area contributed by atoms with Crippen molar-refractivity contribution in [1.82, 2.24) is 5.32 Å². The third-order valence-electron chi connectivity index (χ3n) is 3.12. The molecule has 0 heterocycles. The van der Waals surface area contributed by atoms with Crippen LogP contribution in [0.1, 0.15) is 24.5 Å². The molecule has 0 fully saturated rings. The summed E-state index contributed by atoms with van der Waals surface area (Å²) in [5.74, 6) is 0. The van der Waals surface area contributed by atoms with Crippen molar-refractivity contribution in [2.24, 2.45) is 0 Å². The minimum atomic E-state index is -0.215. The van der Waals surface area contributed by atoms with Crippen LogP contribution in [0.4, 0.5) is 10.5 Å². The molecule has 0 spiro atoms. The van der Waals surface area contributed by atoms with Crippen molar-refractivity contribution in [1.29, 1.82) is 0 Å². The number of rotatable bonds is 5. The Hall–Kier alpha value is -2.00. The SMILES string of the molecule is CCCc1ccc(NC(=O)NCc2ccc(Cl)cc2)cc1. The van der Waals surface area contributed by atoms with Gasteiger partial charge in [-0.15, -0.1) is 0 Å². The van der Waals surface area contributed by atoms with Crippen molar-refractivity contribution < 1.29 is 4.79 Å². The van der Waals surface area contributed by atoms with Gasteiger partial charge in [0.1, 0.15) is 0 Å². The van der Waals surface area contributed by atoms with E-state index in [1.807, 2.05) is 48.5 Å². The number of carbonyl (C=O) groups is 1. The average Bonchev–Trinajstić information content (AvgIpc) is 2.49. The standard InChI is InChI=1S/C17H19ClN2O/c1-2-3-13-6-10-16(11-7-13)20-17(21)19-12-14-4-8-15(18)9-5-14/h4-11H,2-3,12H2,1H3,(H2,19,20,21). The summed E-state index contributed by atoms with van der Waals surface area (Å²) in [6.45, 7) is 2.62. The van der Waals surface area contributed by atoms with Gasteiger partial charge in [0.05, 0.1) is 0 Å². The topological polar surface area (TPSA) is 41.1 Å². The molecule has 0 radical (unpaired) electrons. The van der Waals surface area contributed by atoms with E-state index in [2.05, 4.69) is 17.6 Å². The Labute approximate surface area is 130 Å². The molecule has 2 aromatic rings. The van der Waals surface area contributed by atoms with Gasteiger partial charge in [0.2, 0.25) is 0 Å². The second kappa shape index (κ2) is 7.70. The van der Waals surface area contributed by atoms with Crippen molar-refractivity contribution in [3.8, 4) is 0 Å². The van der Waals surface area contributed by atoms with Gasteiger partial charge >= 0.3 is 6.03 Å². The summed E-state index contributed by atoms with van der Waals surface area (Å²) in [6.07, 6.45) is 2.18. The third kappa shape index (κ3) is 5.12. The fourth-order valence-corrected chi connectivity index (χ4v) is 2.13. The van der Waals surface area contributed by atoms with Gasteiger partial charge in [-0.05, 0) is 41.8 Å². The number of carbonyl (C=O) groups excluding carboxylic acids is 1. The lowest BCUT2D eigenvalue weighted by Crippen LogP contribution is -2.28. The van der Waals surface area contributed by atoms with Crippen molar-refractivity contribution in [2.45, 2.75) is 26.3 Å². The highest BCUT2D eigenvalue weighted by molar-refractivity contribution is 6.30. The van der Waals surface area contributed by atoms with E-state index < -0.39 is 0 Å². The van der Waals surface area contributed by atoms with E-state index in [1.165, 1.54) is 5.56 Å². The van der Waals surface area contributed by atoms with Crippen LogP contribution in [0.25, 0.3) is 0 Å². The minimum absolute atomic E-state index is 0.215. The van der Waals surface area contributed by atoms with Crippen molar-refractivity contribution in [2.75, 3.05) is 5.32 Å². The van der Waals surface area contributed by atoms with E-state index in [0.29, 0.717) is 11.6 Å². The molecule has 0 saturated heterocycles. The van der Waals surface area contributed by atoms with Gasteiger partial charge in [0.15, 0.2) is 0 Å². The average molecular weight is 303 g/mol. The summed E-state index contributed by atoms with van der Waals surface area (Å²) in [6, 6.07) is 15.1. The lowest BCUT2D eigenvalue weighted by atomic mass is 10.1. The van der Waals surface area contributed by atoms with Crippen molar-refractivity contribution >= 4 is 23.3 Å². The molecule has 0 aliphatic rings. The quantitative estimate of drug-likeness (QED) is 0.831. The van der Waals surface area contributed by atoms with E-state index in [0.717, 1.165) is 24.1 Å². The van der Waals surface area contributed by atoms with Crippen LogP contribution in [0.3, 0.4) is 0 Å². The van der Waals surface area contributed by atoms with Gasteiger partial charge in [0, 0.05) is 17.3 Å². The molecule has 0 aliphatic carbocycles. The van der Waals surface area contributed by atoms with Crippen LogP contribution < -0.4 is 10.6 Å². The van der Waals surface area contributed by atoms with E-state index in [-0.39, 0.29) is 6.03 Å². The first-order valence-electron chi connectivity index (χ1n) is 7.05. The Kier molecular flexibility index (Phi) is 5.64. The molecule has 2 N–H and O–H groups in total. The molecule has 4 heteroatoms. The Bertz CT molecular complexity index is 579. The predicted octanol–water partition coefficient (Wildman–Crippen LogP) is 4.61.